The predicted octanol–water partition coefficient (Wildman–Crippen LogP) is 1.42. The number of carbonyl (C=O) groups is 2. The van der Waals surface area contributed by atoms with E-state index < -0.39 is 17.8 Å². The molecule has 1 aliphatic carbocycles. The number of carboxylic acid groups (broad SMARTS) is 1. The van der Waals surface area contributed by atoms with Gasteiger partial charge in [-0.2, -0.15) is 0 Å². The molecule has 1 aromatic heterocycles. The van der Waals surface area contributed by atoms with E-state index in [0.29, 0.717) is 28.0 Å². The first-order chi connectivity index (χ1) is 9.40. The molecule has 1 saturated carbocycles. The van der Waals surface area contributed by atoms with Gasteiger partial charge in [0.2, 0.25) is 0 Å². The number of Topliss-reactive ketones (excluding diaryl/α,β-unsaturated/α-hetero) is 1. The van der Waals surface area contributed by atoms with Crippen molar-refractivity contribution in [3.63, 3.8) is 0 Å². The lowest BCUT2D eigenvalue weighted by atomic mass is 10.1. The molecule has 0 aliphatic heterocycles. The summed E-state index contributed by atoms with van der Waals surface area (Å²) in [6, 6.07) is 3.03. The fourth-order valence-electron chi connectivity index (χ4n) is 2.45. The lowest BCUT2D eigenvalue weighted by molar-refractivity contribution is -0.138. The van der Waals surface area contributed by atoms with Crippen molar-refractivity contribution in [2.75, 3.05) is 0 Å². The number of imidazole rings is 1. The van der Waals surface area contributed by atoms with Crippen molar-refractivity contribution in [1.82, 2.24) is 9.55 Å². The van der Waals surface area contributed by atoms with Crippen molar-refractivity contribution < 1.29 is 14.7 Å². The lowest BCUT2D eigenvalue weighted by Gasteiger charge is -2.03. The lowest BCUT2D eigenvalue weighted by Crippen LogP contribution is -2.11. The topological polar surface area (TPSA) is 92.2 Å². The molecule has 1 fully saturated rings. The Bertz CT molecular complexity index is 805. The predicted molar refractivity (Wildman–Crippen MR) is 72.1 cm³/mol. The number of hydrogen-bond donors (Lipinski definition) is 2. The highest BCUT2D eigenvalue weighted by molar-refractivity contribution is 6.35. The van der Waals surface area contributed by atoms with Gasteiger partial charge in [-0.15, -0.1) is 0 Å². The quantitative estimate of drug-likeness (QED) is 0.838. The SMILES string of the molecule is Cn1c(=O)[nH]c2cc(C(=O)C3CC3C(=O)O)cc(Cl)c21. The smallest absolute Gasteiger partial charge is 0.326 e. The number of halogens is 1. The Morgan fingerprint density at radius 1 is 1.40 bits per heavy atom. The van der Waals surface area contributed by atoms with Gasteiger partial charge in [-0.1, -0.05) is 11.6 Å². The highest BCUT2D eigenvalue weighted by Gasteiger charge is 2.48. The van der Waals surface area contributed by atoms with E-state index in [4.69, 9.17) is 16.7 Å². The first-order valence-electron chi connectivity index (χ1n) is 6.05. The number of carboxylic acids is 1. The van der Waals surface area contributed by atoms with Crippen LogP contribution >= 0.6 is 11.6 Å². The molecule has 0 amide bonds. The number of aromatic amines is 1. The summed E-state index contributed by atoms with van der Waals surface area (Å²) >= 11 is 6.10. The van der Waals surface area contributed by atoms with Crippen LogP contribution in [0.25, 0.3) is 11.0 Å². The number of benzene rings is 1. The van der Waals surface area contributed by atoms with Gasteiger partial charge in [0.1, 0.15) is 0 Å². The molecule has 20 heavy (non-hydrogen) atoms. The summed E-state index contributed by atoms with van der Waals surface area (Å²) in [5, 5.41) is 9.15. The molecule has 0 saturated heterocycles. The third kappa shape index (κ3) is 1.84. The van der Waals surface area contributed by atoms with Crippen LogP contribution in [-0.4, -0.2) is 26.4 Å². The van der Waals surface area contributed by atoms with E-state index >= 15 is 0 Å². The number of aromatic nitrogens is 2. The second-order valence-corrected chi connectivity index (χ2v) is 5.40. The minimum Gasteiger partial charge on any atom is -0.481 e. The van der Waals surface area contributed by atoms with Crippen molar-refractivity contribution in [2.45, 2.75) is 6.42 Å². The van der Waals surface area contributed by atoms with Gasteiger partial charge in [0.25, 0.3) is 0 Å². The zero-order valence-corrected chi connectivity index (χ0v) is 11.3. The summed E-state index contributed by atoms with van der Waals surface area (Å²) in [4.78, 5) is 37.2. The maximum atomic E-state index is 12.2. The van der Waals surface area contributed by atoms with Crippen molar-refractivity contribution in [3.8, 4) is 0 Å². The van der Waals surface area contributed by atoms with Gasteiger partial charge in [0, 0.05) is 18.5 Å². The first kappa shape index (κ1) is 12.9. The molecule has 1 aromatic carbocycles. The number of rotatable bonds is 3. The molecule has 2 aromatic rings. The zero-order valence-electron chi connectivity index (χ0n) is 10.5. The minimum atomic E-state index is -0.955. The fourth-order valence-corrected chi connectivity index (χ4v) is 2.80. The van der Waals surface area contributed by atoms with Crippen LogP contribution in [0.3, 0.4) is 0 Å². The maximum absolute atomic E-state index is 12.2. The molecular weight excluding hydrogens is 284 g/mol. The van der Waals surface area contributed by atoms with Crippen LogP contribution in [0.5, 0.6) is 0 Å². The van der Waals surface area contributed by atoms with E-state index in [1.165, 1.54) is 10.6 Å². The summed E-state index contributed by atoms with van der Waals surface area (Å²) in [7, 11) is 1.58. The Hall–Kier alpha value is -2.08. The molecule has 7 heteroatoms. The van der Waals surface area contributed by atoms with Crippen LogP contribution in [0.1, 0.15) is 16.8 Å². The van der Waals surface area contributed by atoms with E-state index in [0.717, 1.165) is 0 Å². The second kappa shape index (κ2) is 4.21. The third-order valence-electron chi connectivity index (χ3n) is 3.67. The summed E-state index contributed by atoms with van der Waals surface area (Å²) in [5.41, 5.74) is 1.01. The number of fused-ring (bicyclic) bond motifs is 1. The standard InChI is InChI=1S/C13H11ClN2O4/c1-16-10-8(14)2-5(3-9(10)15-13(16)20)11(17)6-4-7(6)12(18)19/h2-3,6-7H,4H2,1H3,(H,15,20)(H,18,19). The number of carbonyl (C=O) groups excluding carboxylic acids is 1. The first-order valence-corrected chi connectivity index (χ1v) is 6.43. The Kier molecular flexibility index (Phi) is 2.72. The van der Waals surface area contributed by atoms with Crippen LogP contribution in [-0.2, 0) is 11.8 Å². The number of ketones is 1. The Balaban J connectivity index is 2.04. The molecule has 0 bridgehead atoms. The second-order valence-electron chi connectivity index (χ2n) is 4.99. The van der Waals surface area contributed by atoms with Crippen LogP contribution < -0.4 is 5.69 Å². The molecule has 3 rings (SSSR count). The molecule has 0 spiro atoms. The number of aryl methyl sites for hydroxylation is 1. The van der Waals surface area contributed by atoms with Crippen molar-refractivity contribution >= 4 is 34.4 Å². The molecule has 1 heterocycles. The number of nitrogens with one attached hydrogen (secondary N) is 1. The normalized spacial score (nSPS) is 21.1. The van der Waals surface area contributed by atoms with Gasteiger partial charge in [-0.3, -0.25) is 14.2 Å². The largest absolute Gasteiger partial charge is 0.481 e. The summed E-state index contributed by atoms with van der Waals surface area (Å²) in [6.45, 7) is 0. The molecule has 1 aliphatic rings. The van der Waals surface area contributed by atoms with Gasteiger partial charge in [-0.05, 0) is 18.6 Å². The van der Waals surface area contributed by atoms with Gasteiger partial charge in [0.15, 0.2) is 5.78 Å². The minimum absolute atomic E-state index is 0.245. The van der Waals surface area contributed by atoms with Gasteiger partial charge >= 0.3 is 11.7 Å². The van der Waals surface area contributed by atoms with E-state index in [1.54, 1.807) is 13.1 Å². The number of H-pyrrole nitrogens is 1. The molecular formula is C13H11ClN2O4. The fraction of sp³-hybridized carbons (Fsp3) is 0.308. The van der Waals surface area contributed by atoms with Gasteiger partial charge in [0.05, 0.1) is 22.0 Å². The summed E-state index contributed by atoms with van der Waals surface area (Å²) < 4.78 is 1.36. The average Bonchev–Trinajstić information content (AvgIpc) is 3.11. The van der Waals surface area contributed by atoms with Gasteiger partial charge in [-0.25, -0.2) is 4.79 Å². The van der Waals surface area contributed by atoms with Crippen LogP contribution in [0.15, 0.2) is 16.9 Å². The average molecular weight is 295 g/mol. The van der Waals surface area contributed by atoms with E-state index in [1.807, 2.05) is 0 Å². The molecule has 6 nitrogen and oxygen atoms in total. The number of hydrogen-bond acceptors (Lipinski definition) is 3. The maximum Gasteiger partial charge on any atom is 0.326 e. The molecule has 2 unspecified atom stereocenters. The highest BCUT2D eigenvalue weighted by Crippen LogP contribution is 2.41. The van der Waals surface area contributed by atoms with Crippen molar-refractivity contribution in [2.24, 2.45) is 18.9 Å². The summed E-state index contributed by atoms with van der Waals surface area (Å²) in [6.07, 6.45) is 0.356. The highest BCUT2D eigenvalue weighted by atomic mass is 35.5. The monoisotopic (exact) mass is 294 g/mol. The van der Waals surface area contributed by atoms with Crippen LogP contribution in [0, 0.1) is 11.8 Å². The zero-order chi connectivity index (χ0) is 14.6. The molecule has 2 atom stereocenters. The Morgan fingerprint density at radius 2 is 2.10 bits per heavy atom. The number of aliphatic carboxylic acids is 1. The molecule has 2 N–H and O–H groups in total. The Labute approximate surface area is 118 Å². The Morgan fingerprint density at radius 3 is 2.70 bits per heavy atom. The van der Waals surface area contributed by atoms with Crippen LogP contribution in [0.2, 0.25) is 5.02 Å². The van der Waals surface area contributed by atoms with Gasteiger partial charge < -0.3 is 10.1 Å². The van der Waals surface area contributed by atoms with E-state index in [9.17, 15) is 14.4 Å². The third-order valence-corrected chi connectivity index (χ3v) is 3.96. The number of nitrogens with zero attached hydrogens (tertiary/aromatic N) is 1. The van der Waals surface area contributed by atoms with Crippen LogP contribution in [0.4, 0.5) is 0 Å². The molecule has 104 valence electrons. The van der Waals surface area contributed by atoms with Crippen molar-refractivity contribution in [3.05, 3.63) is 33.2 Å². The summed E-state index contributed by atoms with van der Waals surface area (Å²) in [5.74, 6) is -2.29. The van der Waals surface area contributed by atoms with Crippen molar-refractivity contribution in [1.29, 1.82) is 0 Å². The molecule has 0 radical (unpaired) electrons. The van der Waals surface area contributed by atoms with E-state index in [2.05, 4.69) is 4.98 Å². The van der Waals surface area contributed by atoms with E-state index in [-0.39, 0.29) is 11.5 Å².